The van der Waals surface area contributed by atoms with Crippen molar-refractivity contribution in [3.8, 4) is 0 Å². The molecular weight excluding hydrogens is 254 g/mol. The van der Waals surface area contributed by atoms with Gasteiger partial charge >= 0.3 is 0 Å². The quantitative estimate of drug-likeness (QED) is 0.579. The Morgan fingerprint density at radius 3 is 2.92 bits per heavy atom. The first-order valence-corrected chi connectivity index (χ1v) is 5.12. The van der Waals surface area contributed by atoms with Crippen molar-refractivity contribution in [1.82, 2.24) is 0 Å². The minimum atomic E-state index is -0.360. The molecule has 0 fully saturated rings. The lowest BCUT2D eigenvalue weighted by Gasteiger charge is -1.91. The van der Waals surface area contributed by atoms with Gasteiger partial charge in [-0.25, -0.2) is 0 Å². The summed E-state index contributed by atoms with van der Waals surface area (Å²) in [6, 6.07) is 6.86. The second kappa shape index (κ2) is 3.08. The molecule has 0 bridgehead atoms. The fourth-order valence-electron chi connectivity index (χ4n) is 1.17. The smallest absolute Gasteiger partial charge is 0.258 e. The second-order valence-corrected chi connectivity index (χ2v) is 4.96. The van der Waals surface area contributed by atoms with Crippen molar-refractivity contribution < 1.29 is 4.92 Å². The molecule has 0 N–H and O–H groups in total. The first kappa shape index (κ1) is 8.65. The summed E-state index contributed by atoms with van der Waals surface area (Å²) >= 11 is 4.80. The number of hydrogen-bond acceptors (Lipinski definition) is 3. The zero-order valence-corrected chi connectivity index (χ0v) is 8.76. The topological polar surface area (TPSA) is 43.1 Å². The van der Waals surface area contributed by atoms with Crippen LogP contribution < -0.4 is 0 Å². The molecule has 2 rings (SSSR count). The lowest BCUT2D eigenvalue weighted by molar-refractivity contribution is -0.383. The number of benzene rings is 1. The maximum absolute atomic E-state index is 10.6. The summed E-state index contributed by atoms with van der Waals surface area (Å²) in [4.78, 5) is 10.3. The summed E-state index contributed by atoms with van der Waals surface area (Å²) < 4.78 is 1.85. The summed E-state index contributed by atoms with van der Waals surface area (Å²) in [6.07, 6.45) is 0. The van der Waals surface area contributed by atoms with Gasteiger partial charge in [-0.3, -0.25) is 10.1 Å². The van der Waals surface area contributed by atoms with Crippen molar-refractivity contribution >= 4 is 43.0 Å². The Labute approximate surface area is 86.3 Å². The van der Waals surface area contributed by atoms with Gasteiger partial charge in [0.1, 0.15) is 0 Å². The van der Waals surface area contributed by atoms with E-state index in [1.54, 1.807) is 12.1 Å². The van der Waals surface area contributed by atoms with Gasteiger partial charge in [0.05, 0.1) is 14.1 Å². The van der Waals surface area contributed by atoms with Gasteiger partial charge in [-0.1, -0.05) is 6.07 Å². The van der Waals surface area contributed by atoms with Gasteiger partial charge in [-0.15, -0.1) is 11.3 Å². The van der Waals surface area contributed by atoms with Crippen LogP contribution in [0.2, 0.25) is 0 Å². The standard InChI is InChI=1S/C8H4BrNO2S/c9-8-4-5-6(10(11)12)2-1-3-7(5)13-8/h1-4H. The van der Waals surface area contributed by atoms with Crippen LogP contribution in [0.15, 0.2) is 28.1 Å². The molecule has 0 saturated carbocycles. The van der Waals surface area contributed by atoms with Crippen LogP contribution in [-0.4, -0.2) is 4.92 Å². The van der Waals surface area contributed by atoms with Gasteiger partial charge in [0.25, 0.3) is 5.69 Å². The van der Waals surface area contributed by atoms with Crippen molar-refractivity contribution in [3.05, 3.63) is 38.2 Å². The molecule has 66 valence electrons. The van der Waals surface area contributed by atoms with Crippen molar-refractivity contribution in [1.29, 1.82) is 0 Å². The Bertz CT molecular complexity index is 480. The van der Waals surface area contributed by atoms with E-state index >= 15 is 0 Å². The van der Waals surface area contributed by atoms with Crippen LogP contribution >= 0.6 is 27.3 Å². The number of nitrogens with zero attached hydrogens (tertiary/aromatic N) is 1. The number of nitro benzene ring substituents is 1. The van der Waals surface area contributed by atoms with Gasteiger partial charge < -0.3 is 0 Å². The van der Waals surface area contributed by atoms with Crippen LogP contribution in [0.3, 0.4) is 0 Å². The number of non-ortho nitro benzene ring substituents is 1. The normalized spacial score (nSPS) is 10.5. The van der Waals surface area contributed by atoms with Crippen molar-refractivity contribution in [3.63, 3.8) is 0 Å². The predicted molar refractivity (Wildman–Crippen MR) is 56.2 cm³/mol. The molecule has 3 nitrogen and oxygen atoms in total. The van der Waals surface area contributed by atoms with Crippen molar-refractivity contribution in [2.75, 3.05) is 0 Å². The van der Waals surface area contributed by atoms with E-state index < -0.39 is 0 Å². The largest absolute Gasteiger partial charge is 0.278 e. The van der Waals surface area contributed by atoms with E-state index in [0.717, 1.165) is 8.49 Å². The number of halogens is 1. The maximum Gasteiger partial charge on any atom is 0.278 e. The van der Waals surface area contributed by atoms with Crippen LogP contribution in [0.4, 0.5) is 5.69 Å². The first-order valence-electron chi connectivity index (χ1n) is 3.51. The van der Waals surface area contributed by atoms with E-state index in [2.05, 4.69) is 15.9 Å². The molecule has 5 heteroatoms. The predicted octanol–water partition coefficient (Wildman–Crippen LogP) is 3.57. The highest BCUT2D eigenvalue weighted by Crippen LogP contribution is 2.34. The third kappa shape index (κ3) is 1.45. The van der Waals surface area contributed by atoms with Gasteiger partial charge in [-0.05, 0) is 28.1 Å². The highest BCUT2D eigenvalue weighted by molar-refractivity contribution is 9.11. The van der Waals surface area contributed by atoms with Gasteiger partial charge in [-0.2, -0.15) is 0 Å². The van der Waals surface area contributed by atoms with E-state index in [-0.39, 0.29) is 10.6 Å². The van der Waals surface area contributed by atoms with E-state index in [4.69, 9.17) is 0 Å². The molecule has 0 aliphatic carbocycles. The van der Waals surface area contributed by atoms with E-state index in [0.29, 0.717) is 5.39 Å². The third-order valence-electron chi connectivity index (χ3n) is 1.71. The summed E-state index contributed by atoms with van der Waals surface area (Å²) in [5.41, 5.74) is 0.166. The highest BCUT2D eigenvalue weighted by atomic mass is 79.9. The zero-order chi connectivity index (χ0) is 9.42. The number of rotatable bonds is 1. The summed E-state index contributed by atoms with van der Waals surface area (Å²) in [5, 5.41) is 11.3. The highest BCUT2D eigenvalue weighted by Gasteiger charge is 2.12. The van der Waals surface area contributed by atoms with Crippen LogP contribution in [0.1, 0.15) is 0 Å². The number of hydrogen-bond donors (Lipinski definition) is 0. The van der Waals surface area contributed by atoms with E-state index in [1.807, 2.05) is 6.07 Å². The van der Waals surface area contributed by atoms with Gasteiger partial charge in [0.2, 0.25) is 0 Å². The molecule has 0 radical (unpaired) electrons. The van der Waals surface area contributed by atoms with Crippen LogP contribution in [0.5, 0.6) is 0 Å². The number of nitro groups is 1. The molecule has 0 atom stereocenters. The summed E-state index contributed by atoms with van der Waals surface area (Å²) in [5.74, 6) is 0. The molecule has 1 aromatic carbocycles. The minimum absolute atomic E-state index is 0.166. The molecule has 13 heavy (non-hydrogen) atoms. The molecule has 0 aliphatic rings. The third-order valence-corrected chi connectivity index (χ3v) is 3.31. The monoisotopic (exact) mass is 257 g/mol. The molecular formula is C8H4BrNO2S. The Kier molecular flexibility index (Phi) is 2.05. The average Bonchev–Trinajstić information content (AvgIpc) is 2.43. The zero-order valence-electron chi connectivity index (χ0n) is 6.36. The Morgan fingerprint density at radius 2 is 2.23 bits per heavy atom. The fourth-order valence-corrected chi connectivity index (χ4v) is 2.73. The van der Waals surface area contributed by atoms with Crippen LogP contribution in [0, 0.1) is 10.1 Å². The molecule has 0 saturated heterocycles. The lowest BCUT2D eigenvalue weighted by atomic mass is 10.2. The SMILES string of the molecule is O=[N+]([O-])c1cccc2sc(Br)cc12. The minimum Gasteiger partial charge on any atom is -0.258 e. The van der Waals surface area contributed by atoms with Gasteiger partial charge in [0.15, 0.2) is 0 Å². The van der Waals surface area contributed by atoms with Gasteiger partial charge in [0, 0.05) is 10.8 Å². The van der Waals surface area contributed by atoms with E-state index in [1.165, 1.54) is 17.4 Å². The summed E-state index contributed by atoms with van der Waals surface area (Å²) in [7, 11) is 0. The lowest BCUT2D eigenvalue weighted by Crippen LogP contribution is -1.86. The molecule has 1 heterocycles. The van der Waals surface area contributed by atoms with E-state index in [9.17, 15) is 10.1 Å². The Morgan fingerprint density at radius 1 is 1.46 bits per heavy atom. The first-order chi connectivity index (χ1) is 6.18. The summed E-state index contributed by atoms with van der Waals surface area (Å²) in [6.45, 7) is 0. The van der Waals surface area contributed by atoms with Crippen LogP contribution in [0.25, 0.3) is 10.1 Å². The number of fused-ring (bicyclic) bond motifs is 1. The molecule has 2 aromatic rings. The fraction of sp³-hybridized carbons (Fsp3) is 0. The number of thiophene rings is 1. The maximum atomic E-state index is 10.6. The molecule has 0 spiro atoms. The average molecular weight is 258 g/mol. The molecule has 1 aromatic heterocycles. The second-order valence-electron chi connectivity index (χ2n) is 2.50. The Balaban J connectivity index is 2.82. The molecule has 0 unspecified atom stereocenters. The molecule has 0 aliphatic heterocycles. The van der Waals surface area contributed by atoms with Crippen LogP contribution in [-0.2, 0) is 0 Å². The Hall–Kier alpha value is -0.940. The van der Waals surface area contributed by atoms with Crippen molar-refractivity contribution in [2.45, 2.75) is 0 Å². The van der Waals surface area contributed by atoms with Crippen molar-refractivity contribution in [2.24, 2.45) is 0 Å². The molecule has 0 amide bonds.